The van der Waals surface area contributed by atoms with Gasteiger partial charge < -0.3 is 5.32 Å². The zero-order valence-electron chi connectivity index (χ0n) is 8.38. The standard InChI is InChI=1S/C11H14FNO/c1-8(13-9(2)14)7-10-3-5-11(12)6-4-10/h3-6,8H,7H2,1-2H3,(H,13,14)/t8-/m0/s1. The van der Waals surface area contributed by atoms with Crippen LogP contribution in [-0.2, 0) is 11.2 Å². The summed E-state index contributed by atoms with van der Waals surface area (Å²) >= 11 is 0. The summed E-state index contributed by atoms with van der Waals surface area (Å²) in [5.41, 5.74) is 1.02. The maximum absolute atomic E-state index is 12.6. The van der Waals surface area contributed by atoms with Gasteiger partial charge in [-0.1, -0.05) is 12.1 Å². The topological polar surface area (TPSA) is 29.1 Å². The van der Waals surface area contributed by atoms with E-state index in [0.29, 0.717) is 0 Å². The van der Waals surface area contributed by atoms with Crippen molar-refractivity contribution >= 4 is 5.91 Å². The minimum absolute atomic E-state index is 0.0420. The third kappa shape index (κ3) is 3.56. The van der Waals surface area contributed by atoms with E-state index in [-0.39, 0.29) is 17.8 Å². The Morgan fingerprint density at radius 2 is 2.00 bits per heavy atom. The molecule has 0 aliphatic carbocycles. The predicted molar refractivity (Wildman–Crippen MR) is 53.4 cm³/mol. The second kappa shape index (κ2) is 4.74. The Hall–Kier alpha value is -1.38. The van der Waals surface area contributed by atoms with Crippen LogP contribution in [0.3, 0.4) is 0 Å². The first-order valence-electron chi connectivity index (χ1n) is 4.59. The lowest BCUT2D eigenvalue weighted by molar-refractivity contribution is -0.119. The number of carbonyl (C=O) groups excluding carboxylic acids is 1. The van der Waals surface area contributed by atoms with Crippen LogP contribution in [0.15, 0.2) is 24.3 Å². The van der Waals surface area contributed by atoms with E-state index in [1.165, 1.54) is 19.1 Å². The number of carbonyl (C=O) groups is 1. The van der Waals surface area contributed by atoms with Gasteiger partial charge in [-0.15, -0.1) is 0 Å². The van der Waals surface area contributed by atoms with Gasteiger partial charge in [0, 0.05) is 13.0 Å². The van der Waals surface area contributed by atoms with Crippen molar-refractivity contribution < 1.29 is 9.18 Å². The molecule has 0 unspecified atom stereocenters. The van der Waals surface area contributed by atoms with Crippen molar-refractivity contribution in [3.05, 3.63) is 35.6 Å². The number of amides is 1. The molecule has 0 aliphatic heterocycles. The molecule has 1 atom stereocenters. The number of benzene rings is 1. The molecule has 0 radical (unpaired) electrons. The van der Waals surface area contributed by atoms with Crippen molar-refractivity contribution in [2.24, 2.45) is 0 Å². The maximum atomic E-state index is 12.6. The molecule has 1 aromatic carbocycles. The Morgan fingerprint density at radius 3 is 2.50 bits per heavy atom. The number of hydrogen-bond acceptors (Lipinski definition) is 1. The molecule has 0 spiro atoms. The Balaban J connectivity index is 2.51. The Bertz CT molecular complexity index is 308. The fourth-order valence-electron chi connectivity index (χ4n) is 1.37. The third-order valence-electron chi connectivity index (χ3n) is 1.90. The lowest BCUT2D eigenvalue weighted by atomic mass is 10.1. The minimum atomic E-state index is -0.235. The van der Waals surface area contributed by atoms with E-state index in [1.807, 2.05) is 6.92 Å². The van der Waals surface area contributed by atoms with Crippen LogP contribution in [0.5, 0.6) is 0 Å². The van der Waals surface area contributed by atoms with E-state index < -0.39 is 0 Å². The summed E-state index contributed by atoms with van der Waals surface area (Å²) in [6.07, 6.45) is 0.722. The van der Waals surface area contributed by atoms with Crippen LogP contribution in [0.4, 0.5) is 4.39 Å². The summed E-state index contributed by atoms with van der Waals surface area (Å²) in [5, 5.41) is 2.77. The van der Waals surface area contributed by atoms with Crippen molar-refractivity contribution in [1.29, 1.82) is 0 Å². The molecule has 2 nitrogen and oxygen atoms in total. The smallest absolute Gasteiger partial charge is 0.217 e. The van der Waals surface area contributed by atoms with Crippen molar-refractivity contribution in [3.8, 4) is 0 Å². The largest absolute Gasteiger partial charge is 0.354 e. The lowest BCUT2D eigenvalue weighted by Crippen LogP contribution is -2.31. The lowest BCUT2D eigenvalue weighted by Gasteiger charge is -2.11. The van der Waals surface area contributed by atoms with Crippen LogP contribution in [0, 0.1) is 5.82 Å². The summed E-state index contributed by atoms with van der Waals surface area (Å²) in [5.74, 6) is -0.277. The summed E-state index contributed by atoms with van der Waals surface area (Å²) in [6, 6.07) is 6.39. The summed E-state index contributed by atoms with van der Waals surface area (Å²) in [4.78, 5) is 10.7. The van der Waals surface area contributed by atoms with E-state index in [9.17, 15) is 9.18 Å². The van der Waals surface area contributed by atoms with Gasteiger partial charge >= 0.3 is 0 Å². The van der Waals surface area contributed by atoms with Gasteiger partial charge in [0.1, 0.15) is 5.82 Å². The molecule has 0 saturated carbocycles. The highest BCUT2D eigenvalue weighted by molar-refractivity contribution is 5.73. The van der Waals surface area contributed by atoms with Gasteiger partial charge in [-0.25, -0.2) is 4.39 Å². The van der Waals surface area contributed by atoms with Gasteiger partial charge in [0.25, 0.3) is 0 Å². The molecule has 1 rings (SSSR count). The van der Waals surface area contributed by atoms with E-state index >= 15 is 0 Å². The van der Waals surface area contributed by atoms with E-state index in [2.05, 4.69) is 5.32 Å². The van der Waals surface area contributed by atoms with Crippen molar-refractivity contribution in [2.45, 2.75) is 26.3 Å². The van der Waals surface area contributed by atoms with Gasteiger partial charge in [-0.2, -0.15) is 0 Å². The van der Waals surface area contributed by atoms with Crippen molar-refractivity contribution in [1.82, 2.24) is 5.32 Å². The van der Waals surface area contributed by atoms with Gasteiger partial charge in [0.2, 0.25) is 5.91 Å². The molecule has 76 valence electrons. The molecule has 0 saturated heterocycles. The van der Waals surface area contributed by atoms with E-state index in [1.54, 1.807) is 12.1 Å². The second-order valence-electron chi connectivity index (χ2n) is 3.43. The Labute approximate surface area is 83.1 Å². The number of halogens is 1. The molecule has 0 bridgehead atoms. The molecule has 1 aromatic rings. The zero-order valence-corrected chi connectivity index (χ0v) is 8.38. The average molecular weight is 195 g/mol. The van der Waals surface area contributed by atoms with Crippen LogP contribution in [0.2, 0.25) is 0 Å². The van der Waals surface area contributed by atoms with Crippen LogP contribution in [0.25, 0.3) is 0 Å². The summed E-state index contributed by atoms with van der Waals surface area (Å²) < 4.78 is 12.6. The first-order valence-corrected chi connectivity index (χ1v) is 4.59. The molecule has 0 heterocycles. The second-order valence-corrected chi connectivity index (χ2v) is 3.43. The van der Waals surface area contributed by atoms with E-state index in [0.717, 1.165) is 12.0 Å². The van der Waals surface area contributed by atoms with Crippen LogP contribution >= 0.6 is 0 Å². The number of rotatable bonds is 3. The van der Waals surface area contributed by atoms with Gasteiger partial charge in [-0.3, -0.25) is 4.79 Å². The molecule has 1 N–H and O–H groups in total. The monoisotopic (exact) mass is 195 g/mol. The summed E-state index contributed by atoms with van der Waals surface area (Å²) in [6.45, 7) is 3.41. The van der Waals surface area contributed by atoms with Crippen LogP contribution in [-0.4, -0.2) is 11.9 Å². The molecule has 14 heavy (non-hydrogen) atoms. The zero-order chi connectivity index (χ0) is 10.6. The first kappa shape index (κ1) is 10.7. The molecular weight excluding hydrogens is 181 g/mol. The molecular formula is C11H14FNO. The minimum Gasteiger partial charge on any atom is -0.354 e. The third-order valence-corrected chi connectivity index (χ3v) is 1.90. The van der Waals surface area contributed by atoms with Crippen LogP contribution < -0.4 is 5.32 Å². The van der Waals surface area contributed by atoms with Gasteiger partial charge in [0.15, 0.2) is 0 Å². The van der Waals surface area contributed by atoms with E-state index in [4.69, 9.17) is 0 Å². The average Bonchev–Trinajstić information content (AvgIpc) is 2.07. The quantitative estimate of drug-likeness (QED) is 0.784. The maximum Gasteiger partial charge on any atom is 0.217 e. The molecule has 3 heteroatoms. The van der Waals surface area contributed by atoms with Gasteiger partial charge in [-0.05, 0) is 31.0 Å². The number of nitrogens with one attached hydrogen (secondary N) is 1. The molecule has 1 amide bonds. The fraction of sp³-hybridized carbons (Fsp3) is 0.364. The number of hydrogen-bond donors (Lipinski definition) is 1. The first-order chi connectivity index (χ1) is 6.58. The van der Waals surface area contributed by atoms with Crippen molar-refractivity contribution in [2.75, 3.05) is 0 Å². The highest BCUT2D eigenvalue weighted by atomic mass is 19.1. The SMILES string of the molecule is CC(=O)N[C@@H](C)Cc1ccc(F)cc1. The molecule has 0 fully saturated rings. The Kier molecular flexibility index (Phi) is 3.63. The highest BCUT2D eigenvalue weighted by Crippen LogP contribution is 2.05. The van der Waals surface area contributed by atoms with Crippen LogP contribution in [0.1, 0.15) is 19.4 Å². The predicted octanol–water partition coefficient (Wildman–Crippen LogP) is 1.89. The summed E-state index contributed by atoms with van der Waals surface area (Å²) in [7, 11) is 0. The highest BCUT2D eigenvalue weighted by Gasteiger charge is 2.04. The Morgan fingerprint density at radius 1 is 1.43 bits per heavy atom. The molecule has 0 aromatic heterocycles. The van der Waals surface area contributed by atoms with Crippen molar-refractivity contribution in [3.63, 3.8) is 0 Å². The fourth-order valence-corrected chi connectivity index (χ4v) is 1.37. The van der Waals surface area contributed by atoms with Gasteiger partial charge in [0.05, 0.1) is 0 Å². The normalized spacial score (nSPS) is 12.2. The molecule has 0 aliphatic rings.